The zero-order valence-corrected chi connectivity index (χ0v) is 15.6. The van der Waals surface area contributed by atoms with Crippen LogP contribution in [0.5, 0.6) is 0 Å². The first kappa shape index (κ1) is 19.5. The van der Waals surface area contributed by atoms with Gasteiger partial charge in [0.2, 0.25) is 11.8 Å². The van der Waals surface area contributed by atoms with Crippen molar-refractivity contribution in [3.63, 3.8) is 0 Å². The summed E-state index contributed by atoms with van der Waals surface area (Å²) in [5.74, 6) is -2.27. The van der Waals surface area contributed by atoms with Crippen LogP contribution in [0.3, 0.4) is 0 Å². The van der Waals surface area contributed by atoms with Crippen LogP contribution in [-0.4, -0.2) is 72.3 Å². The Balaban J connectivity index is 1.59. The van der Waals surface area contributed by atoms with E-state index in [0.29, 0.717) is 25.3 Å². The van der Waals surface area contributed by atoms with Gasteiger partial charge in [0.15, 0.2) is 11.0 Å². The number of halogens is 1. The first-order valence-corrected chi connectivity index (χ1v) is 9.16. The van der Waals surface area contributed by atoms with Gasteiger partial charge in [0.25, 0.3) is 0 Å². The second-order valence-corrected chi connectivity index (χ2v) is 6.72. The maximum Gasteiger partial charge on any atom is 0.247 e. The highest BCUT2D eigenvalue weighted by Crippen LogP contribution is 2.14. The number of aliphatic imine (C=N–C) groups is 1. The van der Waals surface area contributed by atoms with Gasteiger partial charge in [-0.3, -0.25) is 24.4 Å². The molecule has 144 valence electrons. The van der Waals surface area contributed by atoms with Crippen molar-refractivity contribution in [2.45, 2.75) is 6.54 Å². The van der Waals surface area contributed by atoms with E-state index in [-0.39, 0.29) is 17.5 Å². The van der Waals surface area contributed by atoms with E-state index in [2.05, 4.69) is 15.2 Å². The summed E-state index contributed by atoms with van der Waals surface area (Å²) in [5.41, 5.74) is 0.714. The maximum atomic E-state index is 13.0. The van der Waals surface area contributed by atoms with Crippen LogP contribution in [0.15, 0.2) is 29.3 Å². The highest BCUT2D eigenvalue weighted by Gasteiger charge is 2.37. The van der Waals surface area contributed by atoms with Gasteiger partial charge in [-0.2, -0.15) is 0 Å². The Bertz CT molecular complexity index is 735. The Morgan fingerprint density at radius 2 is 1.96 bits per heavy atom. The van der Waals surface area contributed by atoms with E-state index in [4.69, 9.17) is 17.0 Å². The summed E-state index contributed by atoms with van der Waals surface area (Å²) in [7, 11) is 0. The Labute approximate surface area is 162 Å². The first-order chi connectivity index (χ1) is 13.0. The second-order valence-electron chi connectivity index (χ2n) is 6.33. The van der Waals surface area contributed by atoms with Gasteiger partial charge >= 0.3 is 0 Å². The van der Waals surface area contributed by atoms with Crippen molar-refractivity contribution >= 4 is 35.4 Å². The standard InChI is InChI=1S/C18H21FN4O3S/c19-14-3-1-13(2-4-14)12-23-17(25)15(16(24)21-18(23)27)11-20-5-6-22-7-9-26-10-8-22/h1-4,11,15H,5-10,12H2,(H,21,24,27)/t15-/m1/s1. The lowest BCUT2D eigenvalue weighted by Gasteiger charge is -2.31. The normalized spacial score (nSPS) is 21.7. The summed E-state index contributed by atoms with van der Waals surface area (Å²) in [6, 6.07) is 5.78. The number of benzene rings is 1. The Morgan fingerprint density at radius 1 is 1.26 bits per heavy atom. The fraction of sp³-hybridized carbons (Fsp3) is 0.444. The summed E-state index contributed by atoms with van der Waals surface area (Å²) < 4.78 is 18.3. The average Bonchev–Trinajstić information content (AvgIpc) is 2.66. The van der Waals surface area contributed by atoms with E-state index in [1.165, 1.54) is 23.2 Å². The van der Waals surface area contributed by atoms with Crippen LogP contribution < -0.4 is 5.32 Å². The third kappa shape index (κ3) is 5.15. The van der Waals surface area contributed by atoms with E-state index in [9.17, 15) is 14.0 Å². The van der Waals surface area contributed by atoms with Gasteiger partial charge in [-0.1, -0.05) is 12.1 Å². The molecule has 0 aliphatic carbocycles. The minimum atomic E-state index is -1.01. The molecule has 2 heterocycles. The van der Waals surface area contributed by atoms with Crippen molar-refractivity contribution in [1.29, 1.82) is 0 Å². The third-order valence-electron chi connectivity index (χ3n) is 4.45. The highest BCUT2D eigenvalue weighted by atomic mass is 32.1. The largest absolute Gasteiger partial charge is 0.379 e. The molecule has 1 N–H and O–H groups in total. The van der Waals surface area contributed by atoms with Crippen LogP contribution in [0.1, 0.15) is 5.56 Å². The van der Waals surface area contributed by atoms with Gasteiger partial charge in [-0.25, -0.2) is 4.39 Å². The zero-order chi connectivity index (χ0) is 19.2. The van der Waals surface area contributed by atoms with Crippen LogP contribution in [0.25, 0.3) is 0 Å². The smallest absolute Gasteiger partial charge is 0.247 e. The Kier molecular flexibility index (Phi) is 6.59. The quantitative estimate of drug-likeness (QED) is 0.436. The lowest BCUT2D eigenvalue weighted by molar-refractivity contribution is -0.138. The van der Waals surface area contributed by atoms with Crippen molar-refractivity contribution in [1.82, 2.24) is 15.1 Å². The summed E-state index contributed by atoms with van der Waals surface area (Å²) in [5, 5.41) is 2.59. The minimum Gasteiger partial charge on any atom is -0.379 e. The zero-order valence-electron chi connectivity index (χ0n) is 14.8. The molecule has 7 nitrogen and oxygen atoms in total. The van der Waals surface area contributed by atoms with Crippen LogP contribution >= 0.6 is 12.2 Å². The predicted octanol–water partition coefficient (Wildman–Crippen LogP) is 0.588. The molecule has 2 saturated heterocycles. The number of nitrogens with zero attached hydrogens (tertiary/aromatic N) is 3. The molecule has 2 aliphatic rings. The number of morpholine rings is 1. The SMILES string of the molecule is O=C1NC(=S)N(Cc2ccc(F)cc2)C(=O)[C@@H]1C=NCCN1CCOCC1. The number of hydrogen-bond acceptors (Lipinski definition) is 6. The number of carbonyl (C=O) groups is 2. The van der Waals surface area contributed by atoms with Crippen LogP contribution in [0.4, 0.5) is 4.39 Å². The van der Waals surface area contributed by atoms with Crippen LogP contribution in [0, 0.1) is 11.7 Å². The van der Waals surface area contributed by atoms with Crippen molar-refractivity contribution in [3.05, 3.63) is 35.6 Å². The second kappa shape index (κ2) is 9.12. The summed E-state index contributed by atoms with van der Waals surface area (Å²) >= 11 is 5.12. The predicted molar refractivity (Wildman–Crippen MR) is 102 cm³/mol. The first-order valence-electron chi connectivity index (χ1n) is 8.75. The molecular weight excluding hydrogens is 371 g/mol. The lowest BCUT2D eigenvalue weighted by atomic mass is 10.1. The number of hydrogen-bond donors (Lipinski definition) is 1. The van der Waals surface area contributed by atoms with Gasteiger partial charge in [0, 0.05) is 25.8 Å². The number of ether oxygens (including phenoxy) is 1. The lowest BCUT2D eigenvalue weighted by Crippen LogP contribution is -2.57. The van der Waals surface area contributed by atoms with Gasteiger partial charge < -0.3 is 10.1 Å². The van der Waals surface area contributed by atoms with Gasteiger partial charge in [-0.15, -0.1) is 0 Å². The molecule has 1 aromatic rings. The molecule has 0 radical (unpaired) electrons. The van der Waals surface area contributed by atoms with Crippen LogP contribution in [0.2, 0.25) is 0 Å². The monoisotopic (exact) mass is 392 g/mol. The van der Waals surface area contributed by atoms with Crippen LogP contribution in [-0.2, 0) is 20.9 Å². The van der Waals surface area contributed by atoms with E-state index in [0.717, 1.165) is 19.6 Å². The molecule has 2 fully saturated rings. The highest BCUT2D eigenvalue weighted by molar-refractivity contribution is 7.80. The fourth-order valence-electron chi connectivity index (χ4n) is 2.89. The van der Waals surface area contributed by atoms with E-state index in [1.807, 2.05) is 0 Å². The number of thiocarbonyl (C=S) groups is 1. The molecule has 0 unspecified atom stereocenters. The Morgan fingerprint density at radius 3 is 2.67 bits per heavy atom. The molecule has 2 aliphatic heterocycles. The fourth-order valence-corrected chi connectivity index (χ4v) is 3.14. The van der Waals surface area contributed by atoms with Gasteiger partial charge in [0.05, 0.1) is 26.3 Å². The molecule has 0 spiro atoms. The number of rotatable bonds is 6. The molecule has 9 heteroatoms. The van der Waals surface area contributed by atoms with Gasteiger partial charge in [0.1, 0.15) is 5.82 Å². The molecule has 0 aromatic heterocycles. The maximum absolute atomic E-state index is 13.0. The Hall–Kier alpha value is -2.23. The molecule has 0 saturated carbocycles. The van der Waals surface area contributed by atoms with E-state index >= 15 is 0 Å². The van der Waals surface area contributed by atoms with E-state index < -0.39 is 17.7 Å². The van der Waals surface area contributed by atoms with Gasteiger partial charge in [-0.05, 0) is 29.9 Å². The molecular formula is C18H21FN4O3S. The topological polar surface area (TPSA) is 74.2 Å². The average molecular weight is 392 g/mol. The van der Waals surface area contributed by atoms with Crippen molar-refractivity contribution in [2.24, 2.45) is 10.9 Å². The summed E-state index contributed by atoms with van der Waals surface area (Å²) in [4.78, 5) is 32.6. The molecule has 1 atom stereocenters. The van der Waals surface area contributed by atoms with Crippen molar-refractivity contribution < 1.29 is 18.7 Å². The third-order valence-corrected chi connectivity index (χ3v) is 4.77. The summed E-state index contributed by atoms with van der Waals surface area (Å²) in [6.45, 7) is 4.55. The molecule has 0 bridgehead atoms. The van der Waals surface area contributed by atoms with E-state index in [1.54, 1.807) is 12.1 Å². The van der Waals surface area contributed by atoms with Crippen molar-refractivity contribution in [2.75, 3.05) is 39.4 Å². The number of carbonyl (C=O) groups excluding carboxylic acids is 2. The molecule has 1 aromatic carbocycles. The molecule has 3 rings (SSSR count). The minimum absolute atomic E-state index is 0.0484. The number of amides is 2. The van der Waals surface area contributed by atoms with Crippen molar-refractivity contribution in [3.8, 4) is 0 Å². The summed E-state index contributed by atoms with van der Waals surface area (Å²) in [6.07, 6.45) is 1.39. The molecule has 27 heavy (non-hydrogen) atoms. The number of nitrogens with one attached hydrogen (secondary N) is 1. The molecule has 2 amide bonds.